The smallest absolute Gasteiger partial charge is 0.306 e. The van der Waals surface area contributed by atoms with Gasteiger partial charge >= 0.3 is 17.9 Å². The Morgan fingerprint density at radius 2 is 0.636 bits per heavy atom. The Balaban J connectivity index is 4.08. The van der Waals surface area contributed by atoms with Gasteiger partial charge in [-0.2, -0.15) is 0 Å². The highest BCUT2D eigenvalue weighted by atomic mass is 16.6. The maximum Gasteiger partial charge on any atom is 0.306 e. The Morgan fingerprint density at radius 3 is 0.945 bits per heavy atom. The summed E-state index contributed by atoms with van der Waals surface area (Å²) in [6.45, 7) is 8.96. The summed E-state index contributed by atoms with van der Waals surface area (Å²) in [4.78, 5) is 37.5. The zero-order chi connectivity index (χ0) is 40.3. The third kappa shape index (κ3) is 41.9. The quantitative estimate of drug-likeness (QED) is 0.0348. The first kappa shape index (κ1) is 53.4. The molecule has 0 saturated carbocycles. The van der Waals surface area contributed by atoms with Crippen LogP contribution < -0.4 is 0 Å². The Kier molecular flexibility index (Phi) is 42.3. The molecular formula is C49H94O6. The van der Waals surface area contributed by atoms with Crippen LogP contribution in [0.5, 0.6) is 0 Å². The van der Waals surface area contributed by atoms with E-state index < -0.39 is 6.10 Å². The van der Waals surface area contributed by atoms with Crippen molar-refractivity contribution in [3.05, 3.63) is 0 Å². The van der Waals surface area contributed by atoms with E-state index in [1.807, 2.05) is 0 Å². The summed E-state index contributed by atoms with van der Waals surface area (Å²) >= 11 is 0. The van der Waals surface area contributed by atoms with Gasteiger partial charge < -0.3 is 14.2 Å². The van der Waals surface area contributed by atoms with Crippen molar-refractivity contribution >= 4 is 17.9 Å². The summed E-state index contributed by atoms with van der Waals surface area (Å²) in [5, 5.41) is 0. The Morgan fingerprint density at radius 1 is 0.364 bits per heavy atom. The second kappa shape index (κ2) is 43.5. The van der Waals surface area contributed by atoms with Gasteiger partial charge in [0.05, 0.1) is 0 Å². The number of unbranched alkanes of at least 4 members (excludes halogenated alkanes) is 30. The minimum Gasteiger partial charge on any atom is -0.462 e. The van der Waals surface area contributed by atoms with Crippen LogP contribution in [0, 0.1) is 5.92 Å². The number of carbonyl (C=O) groups excluding carboxylic acids is 3. The summed E-state index contributed by atoms with van der Waals surface area (Å²) in [5.41, 5.74) is 0. The van der Waals surface area contributed by atoms with E-state index >= 15 is 0 Å². The molecule has 0 rings (SSSR count). The number of rotatable bonds is 44. The first-order valence-corrected chi connectivity index (χ1v) is 24.4. The van der Waals surface area contributed by atoms with Crippen LogP contribution in [-0.2, 0) is 28.6 Å². The van der Waals surface area contributed by atoms with Gasteiger partial charge in [-0.1, -0.05) is 233 Å². The lowest BCUT2D eigenvalue weighted by Gasteiger charge is -2.18. The molecule has 6 nitrogen and oxygen atoms in total. The molecule has 0 aromatic carbocycles. The van der Waals surface area contributed by atoms with E-state index in [4.69, 9.17) is 14.2 Å². The number of carbonyl (C=O) groups is 3. The number of ether oxygens (including phenoxy) is 3. The van der Waals surface area contributed by atoms with Crippen LogP contribution in [-0.4, -0.2) is 37.2 Å². The van der Waals surface area contributed by atoms with E-state index in [9.17, 15) is 14.4 Å². The first-order valence-electron chi connectivity index (χ1n) is 24.4. The Hall–Kier alpha value is -1.59. The van der Waals surface area contributed by atoms with E-state index in [-0.39, 0.29) is 31.1 Å². The zero-order valence-electron chi connectivity index (χ0n) is 37.4. The predicted molar refractivity (Wildman–Crippen MR) is 233 cm³/mol. The van der Waals surface area contributed by atoms with Crippen molar-refractivity contribution in [3.63, 3.8) is 0 Å². The minimum atomic E-state index is -0.758. The second-order valence-electron chi connectivity index (χ2n) is 17.0. The molecule has 0 saturated heterocycles. The van der Waals surface area contributed by atoms with Crippen LogP contribution in [0.1, 0.15) is 272 Å². The summed E-state index contributed by atoms with van der Waals surface area (Å²) in [6, 6.07) is 0. The Bertz CT molecular complexity index is 828. The SMILES string of the molecule is CCCCCCCCCCCCCCCCCCCCC(=O)OC[C@@H](COC(=O)CCCCCCCCCCCCC(C)CC)OC(=O)CCCCCCC. The molecule has 0 aliphatic rings. The molecule has 0 aromatic heterocycles. The third-order valence-electron chi connectivity index (χ3n) is 11.4. The summed E-state index contributed by atoms with van der Waals surface area (Å²) in [5.74, 6) is 0.00483. The standard InChI is InChI=1S/C49H94O6/c1-5-8-10-12-13-14-15-16-17-18-19-20-21-22-26-29-33-36-40-47(50)53-43-46(55-49(52)42-38-31-11-9-6-2)44-54-48(51)41-37-34-30-27-24-23-25-28-32-35-39-45(4)7-3/h45-46H,5-44H2,1-4H3/t45?,46-/m0/s1. The van der Waals surface area contributed by atoms with Crippen LogP contribution in [0.4, 0.5) is 0 Å². The van der Waals surface area contributed by atoms with Crippen molar-refractivity contribution in [1.29, 1.82) is 0 Å². The van der Waals surface area contributed by atoms with Crippen LogP contribution in [0.2, 0.25) is 0 Å². The molecule has 0 bridgehead atoms. The van der Waals surface area contributed by atoms with Crippen LogP contribution >= 0.6 is 0 Å². The molecule has 0 N–H and O–H groups in total. The lowest BCUT2D eigenvalue weighted by atomic mass is 9.99. The van der Waals surface area contributed by atoms with E-state index in [1.165, 1.54) is 161 Å². The van der Waals surface area contributed by atoms with Gasteiger partial charge in [-0.15, -0.1) is 0 Å². The van der Waals surface area contributed by atoms with Crippen LogP contribution in [0.25, 0.3) is 0 Å². The zero-order valence-corrected chi connectivity index (χ0v) is 37.4. The molecule has 2 atom stereocenters. The number of esters is 3. The van der Waals surface area contributed by atoms with Gasteiger partial charge in [-0.3, -0.25) is 14.4 Å². The van der Waals surface area contributed by atoms with Gasteiger partial charge in [0, 0.05) is 19.3 Å². The molecule has 0 spiro atoms. The molecule has 0 radical (unpaired) electrons. The summed E-state index contributed by atoms with van der Waals surface area (Å²) in [6.07, 6.45) is 44.0. The molecule has 0 aliphatic carbocycles. The molecule has 0 fully saturated rings. The maximum absolute atomic E-state index is 12.5. The highest BCUT2D eigenvalue weighted by molar-refractivity contribution is 5.71. The minimum absolute atomic E-state index is 0.0649. The van der Waals surface area contributed by atoms with Crippen molar-refractivity contribution in [2.24, 2.45) is 5.92 Å². The monoisotopic (exact) mass is 779 g/mol. The van der Waals surface area contributed by atoms with Crippen molar-refractivity contribution in [3.8, 4) is 0 Å². The molecule has 0 amide bonds. The van der Waals surface area contributed by atoms with Gasteiger partial charge in [0.1, 0.15) is 13.2 Å². The third-order valence-corrected chi connectivity index (χ3v) is 11.4. The average Bonchev–Trinajstić information content (AvgIpc) is 3.18. The largest absolute Gasteiger partial charge is 0.462 e. The van der Waals surface area contributed by atoms with Gasteiger partial charge in [0.15, 0.2) is 6.10 Å². The molecule has 0 aliphatic heterocycles. The van der Waals surface area contributed by atoms with Crippen molar-refractivity contribution in [1.82, 2.24) is 0 Å². The van der Waals surface area contributed by atoms with E-state index in [0.29, 0.717) is 19.3 Å². The maximum atomic E-state index is 12.5. The lowest BCUT2D eigenvalue weighted by Crippen LogP contribution is -2.30. The molecule has 0 aromatic rings. The summed E-state index contributed by atoms with van der Waals surface area (Å²) < 4.78 is 16.6. The van der Waals surface area contributed by atoms with Crippen molar-refractivity contribution in [2.45, 2.75) is 278 Å². The molecule has 326 valence electrons. The molecule has 0 heterocycles. The van der Waals surface area contributed by atoms with E-state index in [0.717, 1.165) is 70.1 Å². The van der Waals surface area contributed by atoms with Crippen molar-refractivity contribution in [2.75, 3.05) is 13.2 Å². The Labute approximate surface area is 342 Å². The fourth-order valence-electron chi connectivity index (χ4n) is 7.30. The average molecular weight is 779 g/mol. The highest BCUT2D eigenvalue weighted by Gasteiger charge is 2.19. The van der Waals surface area contributed by atoms with Gasteiger partial charge in [-0.25, -0.2) is 0 Å². The van der Waals surface area contributed by atoms with Gasteiger partial charge in [0.25, 0.3) is 0 Å². The van der Waals surface area contributed by atoms with Crippen molar-refractivity contribution < 1.29 is 28.6 Å². The lowest BCUT2D eigenvalue weighted by molar-refractivity contribution is -0.167. The van der Waals surface area contributed by atoms with Gasteiger partial charge in [-0.05, 0) is 25.2 Å². The fraction of sp³-hybridized carbons (Fsp3) is 0.939. The number of hydrogen-bond donors (Lipinski definition) is 0. The van der Waals surface area contributed by atoms with E-state index in [2.05, 4.69) is 27.7 Å². The van der Waals surface area contributed by atoms with Crippen LogP contribution in [0.15, 0.2) is 0 Å². The highest BCUT2D eigenvalue weighted by Crippen LogP contribution is 2.17. The molecule has 6 heteroatoms. The van der Waals surface area contributed by atoms with Gasteiger partial charge in [0.2, 0.25) is 0 Å². The molecular weight excluding hydrogens is 685 g/mol. The fourth-order valence-corrected chi connectivity index (χ4v) is 7.30. The molecule has 55 heavy (non-hydrogen) atoms. The molecule has 1 unspecified atom stereocenters. The first-order chi connectivity index (χ1) is 26.9. The predicted octanol–water partition coefficient (Wildman–Crippen LogP) is 15.5. The number of hydrogen-bond acceptors (Lipinski definition) is 6. The second-order valence-corrected chi connectivity index (χ2v) is 17.0. The summed E-state index contributed by atoms with van der Waals surface area (Å²) in [7, 11) is 0. The topological polar surface area (TPSA) is 78.9 Å². The van der Waals surface area contributed by atoms with E-state index in [1.54, 1.807) is 0 Å². The van der Waals surface area contributed by atoms with Crippen LogP contribution in [0.3, 0.4) is 0 Å². The normalized spacial score (nSPS) is 12.4.